The van der Waals surface area contributed by atoms with Gasteiger partial charge in [0.15, 0.2) is 0 Å². The van der Waals surface area contributed by atoms with E-state index in [0.717, 1.165) is 43.4 Å². The molecule has 0 saturated heterocycles. The van der Waals surface area contributed by atoms with Crippen LogP contribution < -0.4 is 0 Å². The zero-order valence-electron chi connectivity index (χ0n) is 14.7. The van der Waals surface area contributed by atoms with E-state index in [-0.39, 0.29) is 17.3 Å². The number of hydrogen-bond acceptors (Lipinski definition) is 3. The summed E-state index contributed by atoms with van der Waals surface area (Å²) in [5, 5.41) is 9.89. The van der Waals surface area contributed by atoms with E-state index in [0.29, 0.717) is 17.8 Å². The molecule has 4 nitrogen and oxygen atoms in total. The van der Waals surface area contributed by atoms with Crippen LogP contribution in [0.3, 0.4) is 0 Å². The second kappa shape index (κ2) is 4.96. The van der Waals surface area contributed by atoms with Gasteiger partial charge in [0.05, 0.1) is 5.41 Å². The zero-order chi connectivity index (χ0) is 17.3. The number of aliphatic carboxylic acids is 1. The molecule has 0 radical (unpaired) electrons. The molecule has 4 heteroatoms. The minimum absolute atomic E-state index is 0.0317. The van der Waals surface area contributed by atoms with Gasteiger partial charge in [-0.2, -0.15) is 0 Å². The Hall–Kier alpha value is -1.58. The summed E-state index contributed by atoms with van der Waals surface area (Å²) in [5.41, 5.74) is 0.373. The quantitative estimate of drug-likeness (QED) is 0.740. The molecule has 4 aliphatic rings. The Morgan fingerprint density at radius 2 is 2.04 bits per heavy atom. The zero-order valence-corrected chi connectivity index (χ0v) is 14.7. The summed E-state index contributed by atoms with van der Waals surface area (Å²) in [6.45, 7) is 6.42. The monoisotopic (exact) mass is 330 g/mol. The van der Waals surface area contributed by atoms with Crippen molar-refractivity contribution in [2.45, 2.75) is 52.9 Å². The van der Waals surface area contributed by atoms with Gasteiger partial charge < -0.3 is 9.84 Å². The second-order valence-electron chi connectivity index (χ2n) is 8.74. The maximum Gasteiger partial charge on any atom is 0.336 e. The van der Waals surface area contributed by atoms with Gasteiger partial charge in [-0.25, -0.2) is 4.79 Å². The van der Waals surface area contributed by atoms with E-state index in [1.807, 2.05) is 6.92 Å². The summed E-state index contributed by atoms with van der Waals surface area (Å²) < 4.78 is 5.42. The molecule has 1 heterocycles. The molecule has 2 fully saturated rings. The number of rotatable bonds is 1. The fourth-order valence-corrected chi connectivity index (χ4v) is 6.39. The van der Waals surface area contributed by atoms with Crippen LogP contribution in [0.25, 0.3) is 0 Å². The van der Waals surface area contributed by atoms with Crippen LogP contribution in [0.2, 0.25) is 0 Å². The highest BCUT2D eigenvalue weighted by Crippen LogP contribution is 2.64. The molecule has 0 aromatic carbocycles. The van der Waals surface area contributed by atoms with E-state index in [1.54, 1.807) is 6.08 Å². The first-order chi connectivity index (χ1) is 11.3. The van der Waals surface area contributed by atoms with Crippen LogP contribution in [0.5, 0.6) is 0 Å². The molecule has 0 amide bonds. The third-order valence-electron chi connectivity index (χ3n) is 7.71. The summed E-state index contributed by atoms with van der Waals surface area (Å²) in [4.78, 5) is 23.7. The largest absolute Gasteiger partial charge is 0.481 e. The van der Waals surface area contributed by atoms with Crippen LogP contribution in [-0.4, -0.2) is 17.0 Å². The Morgan fingerprint density at radius 3 is 2.75 bits per heavy atom. The van der Waals surface area contributed by atoms with Gasteiger partial charge in [0.2, 0.25) is 0 Å². The number of allylic oxidation sites excluding steroid dienone is 2. The van der Waals surface area contributed by atoms with Crippen molar-refractivity contribution in [3.05, 3.63) is 23.5 Å². The van der Waals surface area contributed by atoms with Crippen LogP contribution in [0, 0.1) is 34.5 Å². The number of carboxylic acids is 1. The third kappa shape index (κ3) is 1.91. The SMILES string of the molecule is CC1C2=CC(=O)OC2=CC2C1CCC1C(C)(C(=O)O)CCCC21C. The van der Waals surface area contributed by atoms with Crippen molar-refractivity contribution in [2.75, 3.05) is 0 Å². The van der Waals surface area contributed by atoms with Crippen LogP contribution >= 0.6 is 0 Å². The number of carboxylic acid groups (broad SMARTS) is 1. The first-order valence-corrected chi connectivity index (χ1v) is 9.16. The number of ether oxygens (including phenoxy) is 1. The Labute approximate surface area is 143 Å². The van der Waals surface area contributed by atoms with Gasteiger partial charge in [-0.15, -0.1) is 0 Å². The van der Waals surface area contributed by atoms with Crippen molar-refractivity contribution in [1.82, 2.24) is 0 Å². The van der Waals surface area contributed by atoms with E-state index in [1.165, 1.54) is 0 Å². The van der Waals surface area contributed by atoms with Gasteiger partial charge >= 0.3 is 11.9 Å². The van der Waals surface area contributed by atoms with Crippen LogP contribution in [0.1, 0.15) is 52.9 Å². The molecule has 130 valence electrons. The van der Waals surface area contributed by atoms with Crippen molar-refractivity contribution in [2.24, 2.45) is 34.5 Å². The summed E-state index contributed by atoms with van der Waals surface area (Å²) in [6.07, 6.45) is 8.58. The van der Waals surface area contributed by atoms with E-state index >= 15 is 0 Å². The predicted octanol–water partition coefficient (Wildman–Crippen LogP) is 3.93. The lowest BCUT2D eigenvalue weighted by Crippen LogP contribution is -2.56. The Balaban J connectivity index is 1.78. The van der Waals surface area contributed by atoms with Crippen molar-refractivity contribution < 1.29 is 19.4 Å². The number of carbonyl (C=O) groups is 2. The first-order valence-electron chi connectivity index (χ1n) is 9.16. The Bertz CT molecular complexity index is 675. The molecule has 0 bridgehead atoms. The van der Waals surface area contributed by atoms with Crippen LogP contribution in [-0.2, 0) is 14.3 Å². The van der Waals surface area contributed by atoms with Crippen LogP contribution in [0.15, 0.2) is 23.5 Å². The average molecular weight is 330 g/mol. The lowest BCUT2D eigenvalue weighted by Gasteiger charge is -2.60. The van der Waals surface area contributed by atoms with Gasteiger partial charge in [-0.1, -0.05) is 20.3 Å². The summed E-state index contributed by atoms with van der Waals surface area (Å²) in [6, 6.07) is 0. The molecule has 0 spiro atoms. The molecule has 0 aromatic rings. The molecule has 6 atom stereocenters. The number of fused-ring (bicyclic) bond motifs is 4. The van der Waals surface area contributed by atoms with E-state index < -0.39 is 11.4 Å². The van der Waals surface area contributed by atoms with E-state index in [4.69, 9.17) is 4.74 Å². The highest BCUT2D eigenvalue weighted by molar-refractivity contribution is 5.88. The maximum absolute atomic E-state index is 12.0. The van der Waals surface area contributed by atoms with Gasteiger partial charge in [0.25, 0.3) is 0 Å². The highest BCUT2D eigenvalue weighted by atomic mass is 16.5. The van der Waals surface area contributed by atoms with Crippen molar-refractivity contribution in [3.8, 4) is 0 Å². The molecule has 3 aliphatic carbocycles. The van der Waals surface area contributed by atoms with Gasteiger partial charge in [0.1, 0.15) is 5.76 Å². The van der Waals surface area contributed by atoms with Crippen LogP contribution in [0.4, 0.5) is 0 Å². The fraction of sp³-hybridized carbons (Fsp3) is 0.700. The van der Waals surface area contributed by atoms with E-state index in [9.17, 15) is 14.7 Å². The van der Waals surface area contributed by atoms with Crippen molar-refractivity contribution >= 4 is 11.9 Å². The van der Waals surface area contributed by atoms with Gasteiger partial charge in [-0.3, -0.25) is 4.79 Å². The molecular formula is C20H26O4. The minimum atomic E-state index is -0.652. The minimum Gasteiger partial charge on any atom is -0.481 e. The van der Waals surface area contributed by atoms with Gasteiger partial charge in [0, 0.05) is 11.6 Å². The molecular weight excluding hydrogens is 304 g/mol. The highest BCUT2D eigenvalue weighted by Gasteiger charge is 2.60. The summed E-state index contributed by atoms with van der Waals surface area (Å²) >= 11 is 0. The third-order valence-corrected chi connectivity index (χ3v) is 7.71. The topological polar surface area (TPSA) is 63.6 Å². The average Bonchev–Trinajstić information content (AvgIpc) is 2.89. The number of esters is 1. The predicted molar refractivity (Wildman–Crippen MR) is 88.8 cm³/mol. The molecule has 6 unspecified atom stereocenters. The molecule has 0 aromatic heterocycles. The van der Waals surface area contributed by atoms with Gasteiger partial charge in [-0.05, 0) is 67.8 Å². The molecule has 1 aliphatic heterocycles. The fourth-order valence-electron chi connectivity index (χ4n) is 6.39. The Morgan fingerprint density at radius 1 is 1.29 bits per heavy atom. The summed E-state index contributed by atoms with van der Waals surface area (Å²) in [5.74, 6) is 1.08. The lowest BCUT2D eigenvalue weighted by atomic mass is 9.44. The molecule has 1 N–H and O–H groups in total. The van der Waals surface area contributed by atoms with Crippen molar-refractivity contribution in [3.63, 3.8) is 0 Å². The smallest absolute Gasteiger partial charge is 0.336 e. The standard InChI is InChI=1S/C20H26O4/c1-11-12-5-6-16-19(2,7-4-8-20(16,3)18(22)23)14(12)10-15-13(11)9-17(21)24-15/h9-12,14,16H,4-8H2,1-3H3,(H,22,23). The molecule has 4 rings (SSSR count). The van der Waals surface area contributed by atoms with E-state index in [2.05, 4.69) is 19.9 Å². The molecule has 24 heavy (non-hydrogen) atoms. The normalized spacial score (nSPS) is 46.9. The number of hydrogen-bond donors (Lipinski definition) is 1. The number of carbonyl (C=O) groups excluding carboxylic acids is 1. The lowest BCUT2D eigenvalue weighted by molar-refractivity contribution is -0.168. The first kappa shape index (κ1) is 15.9. The maximum atomic E-state index is 12.0. The van der Waals surface area contributed by atoms with Crippen molar-refractivity contribution in [1.29, 1.82) is 0 Å². The summed E-state index contributed by atoms with van der Waals surface area (Å²) in [7, 11) is 0. The Kier molecular flexibility index (Phi) is 3.29. The second-order valence-corrected chi connectivity index (χ2v) is 8.74. The molecule has 2 saturated carbocycles.